The number of benzene rings is 1. The van der Waals surface area contributed by atoms with Gasteiger partial charge in [0.2, 0.25) is 5.91 Å². The van der Waals surface area contributed by atoms with E-state index in [1.54, 1.807) is 0 Å². The molecule has 3 heteroatoms. The molecule has 1 aromatic rings. The monoisotopic (exact) mass is 274 g/mol. The van der Waals surface area contributed by atoms with Gasteiger partial charge in [-0.3, -0.25) is 4.79 Å². The summed E-state index contributed by atoms with van der Waals surface area (Å²) in [6.07, 6.45) is 6.66. The van der Waals surface area contributed by atoms with Gasteiger partial charge in [0.1, 0.15) is 0 Å². The van der Waals surface area contributed by atoms with Crippen molar-refractivity contribution in [1.29, 1.82) is 0 Å². The van der Waals surface area contributed by atoms with Gasteiger partial charge in [0.05, 0.1) is 6.04 Å². The van der Waals surface area contributed by atoms with Gasteiger partial charge < -0.3 is 10.2 Å². The summed E-state index contributed by atoms with van der Waals surface area (Å²) in [5.74, 6) is 0.264. The van der Waals surface area contributed by atoms with Gasteiger partial charge in [0.25, 0.3) is 0 Å². The molecular formula is C17H26N2O. The van der Waals surface area contributed by atoms with E-state index < -0.39 is 0 Å². The quantitative estimate of drug-likeness (QED) is 0.895. The summed E-state index contributed by atoms with van der Waals surface area (Å²) in [5, 5.41) is 3.38. The number of amides is 1. The van der Waals surface area contributed by atoms with Gasteiger partial charge in [-0.2, -0.15) is 0 Å². The fourth-order valence-electron chi connectivity index (χ4n) is 2.78. The van der Waals surface area contributed by atoms with Gasteiger partial charge in [0, 0.05) is 13.6 Å². The molecule has 1 aromatic carbocycles. The van der Waals surface area contributed by atoms with Crippen molar-refractivity contribution in [2.45, 2.75) is 44.6 Å². The second-order valence-electron chi connectivity index (χ2n) is 5.70. The van der Waals surface area contributed by atoms with Crippen LogP contribution in [0.3, 0.4) is 0 Å². The highest BCUT2D eigenvalue weighted by molar-refractivity contribution is 5.81. The van der Waals surface area contributed by atoms with Crippen molar-refractivity contribution in [2.75, 3.05) is 20.1 Å². The Balaban J connectivity index is 1.73. The number of hydrogen-bond acceptors (Lipinski definition) is 2. The lowest BCUT2D eigenvalue weighted by Crippen LogP contribution is -2.44. The molecule has 110 valence electrons. The Hall–Kier alpha value is -1.35. The van der Waals surface area contributed by atoms with Crippen molar-refractivity contribution in [1.82, 2.24) is 10.2 Å². The average molecular weight is 274 g/mol. The first-order chi connectivity index (χ1) is 9.77. The molecule has 0 aromatic heterocycles. The van der Waals surface area contributed by atoms with E-state index in [1.807, 2.05) is 18.0 Å². The molecule has 1 atom stereocenters. The van der Waals surface area contributed by atoms with Crippen molar-refractivity contribution in [3.8, 4) is 0 Å². The Morgan fingerprint density at radius 1 is 1.25 bits per heavy atom. The smallest absolute Gasteiger partial charge is 0.239 e. The van der Waals surface area contributed by atoms with Crippen LogP contribution in [0.5, 0.6) is 0 Å². The van der Waals surface area contributed by atoms with Gasteiger partial charge in [0.15, 0.2) is 0 Å². The normalized spacial score (nSPS) is 19.4. The maximum absolute atomic E-state index is 12.4. The standard InChI is InChI=1S/C17H26N2O/c1-19(14-8-11-15-9-4-2-5-10-15)17(20)16-12-6-3-7-13-18-16/h2,4-5,9-10,16,18H,3,6-8,11-14H2,1H3. The van der Waals surface area contributed by atoms with E-state index in [2.05, 4.69) is 29.6 Å². The summed E-state index contributed by atoms with van der Waals surface area (Å²) >= 11 is 0. The van der Waals surface area contributed by atoms with Crippen LogP contribution in [0.4, 0.5) is 0 Å². The fourth-order valence-corrected chi connectivity index (χ4v) is 2.78. The second-order valence-corrected chi connectivity index (χ2v) is 5.70. The molecular weight excluding hydrogens is 248 g/mol. The lowest BCUT2D eigenvalue weighted by molar-refractivity contribution is -0.132. The molecule has 0 aliphatic carbocycles. The molecule has 1 heterocycles. The predicted octanol–water partition coefficient (Wildman–Crippen LogP) is 2.61. The molecule has 1 aliphatic rings. The highest BCUT2D eigenvalue weighted by atomic mass is 16.2. The minimum atomic E-state index is 0.0409. The van der Waals surface area contributed by atoms with Crippen LogP contribution in [-0.2, 0) is 11.2 Å². The van der Waals surface area contributed by atoms with E-state index in [0.717, 1.165) is 32.4 Å². The maximum atomic E-state index is 12.4. The van der Waals surface area contributed by atoms with Crippen LogP contribution >= 0.6 is 0 Å². The zero-order chi connectivity index (χ0) is 14.2. The molecule has 0 bridgehead atoms. The molecule has 0 saturated carbocycles. The molecule has 1 aliphatic heterocycles. The summed E-state index contributed by atoms with van der Waals surface area (Å²) in [4.78, 5) is 14.3. The van der Waals surface area contributed by atoms with Gasteiger partial charge in [-0.1, -0.05) is 43.2 Å². The second kappa shape index (κ2) is 8.05. The van der Waals surface area contributed by atoms with Crippen LogP contribution in [-0.4, -0.2) is 37.0 Å². The number of hydrogen-bond donors (Lipinski definition) is 1. The third-order valence-corrected chi connectivity index (χ3v) is 4.04. The number of nitrogens with one attached hydrogen (secondary N) is 1. The third-order valence-electron chi connectivity index (χ3n) is 4.04. The van der Waals surface area contributed by atoms with Crippen LogP contribution in [0.2, 0.25) is 0 Å². The Morgan fingerprint density at radius 2 is 2.05 bits per heavy atom. The molecule has 3 nitrogen and oxygen atoms in total. The van der Waals surface area contributed by atoms with Crippen LogP contribution < -0.4 is 5.32 Å². The van der Waals surface area contributed by atoms with E-state index in [4.69, 9.17) is 0 Å². The first-order valence-electron chi connectivity index (χ1n) is 7.79. The third kappa shape index (κ3) is 4.64. The molecule has 1 saturated heterocycles. The van der Waals surface area contributed by atoms with E-state index in [-0.39, 0.29) is 11.9 Å². The molecule has 1 N–H and O–H groups in total. The van der Waals surface area contributed by atoms with E-state index >= 15 is 0 Å². The molecule has 1 unspecified atom stereocenters. The zero-order valence-corrected chi connectivity index (χ0v) is 12.5. The molecule has 1 amide bonds. The number of nitrogens with zero attached hydrogens (tertiary/aromatic N) is 1. The number of likely N-dealkylation sites (N-methyl/N-ethyl adjacent to an activating group) is 1. The van der Waals surface area contributed by atoms with Crippen molar-refractivity contribution in [3.63, 3.8) is 0 Å². The zero-order valence-electron chi connectivity index (χ0n) is 12.5. The lowest BCUT2D eigenvalue weighted by Gasteiger charge is -2.23. The SMILES string of the molecule is CN(CCCc1ccccc1)C(=O)C1CCCCCN1. The van der Waals surface area contributed by atoms with Gasteiger partial charge in [-0.15, -0.1) is 0 Å². The highest BCUT2D eigenvalue weighted by Crippen LogP contribution is 2.11. The summed E-state index contributed by atoms with van der Waals surface area (Å²) in [6.45, 7) is 1.82. The summed E-state index contributed by atoms with van der Waals surface area (Å²) in [5.41, 5.74) is 1.35. The molecule has 20 heavy (non-hydrogen) atoms. The number of rotatable bonds is 5. The Labute approximate surface area is 122 Å². The minimum absolute atomic E-state index is 0.0409. The van der Waals surface area contributed by atoms with E-state index in [0.29, 0.717) is 0 Å². The number of carbonyl (C=O) groups is 1. The highest BCUT2D eigenvalue weighted by Gasteiger charge is 2.22. The number of carbonyl (C=O) groups excluding carboxylic acids is 1. The number of aryl methyl sites for hydroxylation is 1. The summed E-state index contributed by atoms with van der Waals surface area (Å²) in [7, 11) is 1.93. The largest absolute Gasteiger partial charge is 0.344 e. The molecule has 0 spiro atoms. The molecule has 2 rings (SSSR count). The Bertz CT molecular complexity index is 397. The fraction of sp³-hybridized carbons (Fsp3) is 0.588. The molecule has 0 radical (unpaired) electrons. The first kappa shape index (κ1) is 15.0. The van der Waals surface area contributed by atoms with Crippen LogP contribution in [0.1, 0.15) is 37.7 Å². The molecule has 1 fully saturated rings. The van der Waals surface area contributed by atoms with Crippen LogP contribution in [0.15, 0.2) is 30.3 Å². The van der Waals surface area contributed by atoms with Gasteiger partial charge in [-0.05, 0) is 37.8 Å². The summed E-state index contributed by atoms with van der Waals surface area (Å²) in [6, 6.07) is 10.5. The van der Waals surface area contributed by atoms with Crippen LogP contribution in [0, 0.1) is 0 Å². The lowest BCUT2D eigenvalue weighted by atomic mass is 10.1. The first-order valence-corrected chi connectivity index (χ1v) is 7.79. The minimum Gasteiger partial charge on any atom is -0.344 e. The van der Waals surface area contributed by atoms with Crippen LogP contribution in [0.25, 0.3) is 0 Å². The van der Waals surface area contributed by atoms with E-state index in [1.165, 1.54) is 24.8 Å². The predicted molar refractivity (Wildman–Crippen MR) is 82.7 cm³/mol. The van der Waals surface area contributed by atoms with Crippen molar-refractivity contribution >= 4 is 5.91 Å². The Morgan fingerprint density at radius 3 is 2.85 bits per heavy atom. The van der Waals surface area contributed by atoms with Gasteiger partial charge >= 0.3 is 0 Å². The van der Waals surface area contributed by atoms with Crippen molar-refractivity contribution in [3.05, 3.63) is 35.9 Å². The van der Waals surface area contributed by atoms with E-state index in [9.17, 15) is 4.79 Å². The maximum Gasteiger partial charge on any atom is 0.239 e. The Kier molecular flexibility index (Phi) is 6.06. The van der Waals surface area contributed by atoms with Gasteiger partial charge in [-0.25, -0.2) is 0 Å². The summed E-state index contributed by atoms with van der Waals surface area (Å²) < 4.78 is 0. The van der Waals surface area contributed by atoms with Crippen molar-refractivity contribution < 1.29 is 4.79 Å². The topological polar surface area (TPSA) is 32.3 Å². The average Bonchev–Trinajstić information content (AvgIpc) is 2.76. The van der Waals surface area contributed by atoms with Crippen molar-refractivity contribution in [2.24, 2.45) is 0 Å².